The van der Waals surface area contributed by atoms with Gasteiger partial charge in [0, 0.05) is 74.8 Å². The quantitative estimate of drug-likeness (QED) is 0.210. The molecule has 4 saturated carbocycles. The summed E-state index contributed by atoms with van der Waals surface area (Å²) in [7, 11) is 11.7. The number of alkyl halides is 4. The van der Waals surface area contributed by atoms with Crippen molar-refractivity contribution in [2.45, 2.75) is 267 Å². The maximum Gasteiger partial charge on any atom is 0.393 e. The summed E-state index contributed by atoms with van der Waals surface area (Å²) in [6.45, 7) is 8.52. The molecule has 3 saturated heterocycles. The summed E-state index contributed by atoms with van der Waals surface area (Å²) in [5.41, 5.74) is -1.55. The number of carbonyl (C=O) groups is 12. The van der Waals surface area contributed by atoms with E-state index in [1.54, 1.807) is 6.92 Å². The third-order valence-corrected chi connectivity index (χ3v) is 23.7. The molecule has 4 aliphatic carbocycles. The molecule has 0 aromatic carbocycles. The summed E-state index contributed by atoms with van der Waals surface area (Å²) in [5.74, 6) is -10.5. The minimum atomic E-state index is -4.51. The van der Waals surface area contributed by atoms with Crippen molar-refractivity contribution in [2.24, 2.45) is 35.5 Å². The van der Waals surface area contributed by atoms with Crippen molar-refractivity contribution in [1.29, 1.82) is 0 Å². The van der Waals surface area contributed by atoms with Gasteiger partial charge in [0.1, 0.15) is 59.9 Å². The SMILES string of the molecule is CC[C@H](C)[C@@H]1NC(=O)[C@H](CC(C)C)N(C)C(=O)C[C@@H](C(=O)N(C)C)N(C)C(=O)[C@H](C2CCCC2)N(C)C(=O)C2(CCCC2)NC(=O)[C@@H]2CCCN2C(=O)[C@H](CCC2CCC(C(F)(F)F)C(Cl)C2)NC(=O)CN(C)C(=O)[C@H](CC2CCCCC2)N(C)C(=O)[C@@H]2CCN2C(=O)[C@H](C)N(C)C1=O. The molecule has 7 fully saturated rings. The second kappa shape index (κ2) is 34.6. The lowest BCUT2D eigenvalue weighted by atomic mass is 9.78. The average molecular weight is 1420 g/mol. The lowest BCUT2D eigenvalue weighted by Gasteiger charge is -2.45. The zero-order valence-electron chi connectivity index (χ0n) is 61.0. The molecule has 99 heavy (non-hydrogen) atoms. The van der Waals surface area contributed by atoms with Gasteiger partial charge in [-0.15, -0.1) is 11.6 Å². The van der Waals surface area contributed by atoms with Crippen LogP contribution in [0.2, 0.25) is 0 Å². The molecule has 13 atom stereocenters. The molecule has 12 amide bonds. The number of nitrogens with one attached hydrogen (secondary N) is 3. The third kappa shape index (κ3) is 18.9. The van der Waals surface area contributed by atoms with Crippen LogP contribution in [0.25, 0.3) is 0 Å². The molecule has 558 valence electrons. The van der Waals surface area contributed by atoms with Crippen LogP contribution < -0.4 is 16.0 Å². The van der Waals surface area contributed by atoms with Gasteiger partial charge in [-0.1, -0.05) is 91.9 Å². The lowest BCUT2D eigenvalue weighted by molar-refractivity contribution is -0.182. The molecule has 24 nitrogen and oxygen atoms in total. The van der Waals surface area contributed by atoms with E-state index in [2.05, 4.69) is 16.0 Å². The van der Waals surface area contributed by atoms with E-state index in [-0.39, 0.29) is 101 Å². The molecule has 3 unspecified atom stereocenters. The Morgan fingerprint density at radius 1 is 0.626 bits per heavy atom. The van der Waals surface area contributed by atoms with Crippen molar-refractivity contribution in [2.75, 3.05) is 76.0 Å². The molecule has 7 aliphatic rings. The van der Waals surface area contributed by atoms with E-state index in [4.69, 9.17) is 11.6 Å². The van der Waals surface area contributed by atoms with Crippen LogP contribution in [0.4, 0.5) is 13.2 Å². The second-order valence-electron chi connectivity index (χ2n) is 30.7. The molecule has 0 bridgehead atoms. The van der Waals surface area contributed by atoms with Gasteiger partial charge in [-0.25, -0.2) is 0 Å². The van der Waals surface area contributed by atoms with Crippen molar-refractivity contribution in [3.63, 3.8) is 0 Å². The Bertz CT molecular complexity index is 2920. The maximum absolute atomic E-state index is 15.6. The fourth-order valence-corrected chi connectivity index (χ4v) is 17.0. The maximum atomic E-state index is 15.6. The van der Waals surface area contributed by atoms with Crippen molar-refractivity contribution < 1.29 is 70.7 Å². The molecule has 0 radical (unpaired) electrons. The van der Waals surface area contributed by atoms with E-state index in [0.29, 0.717) is 38.5 Å². The minimum absolute atomic E-state index is 0.00245. The highest BCUT2D eigenvalue weighted by Gasteiger charge is 2.53. The van der Waals surface area contributed by atoms with E-state index >= 15 is 24.0 Å². The summed E-state index contributed by atoms with van der Waals surface area (Å²) in [4.78, 5) is 191. The Labute approximate surface area is 588 Å². The number of hydrogen-bond donors (Lipinski definition) is 3. The Kier molecular flexibility index (Phi) is 28.0. The van der Waals surface area contributed by atoms with Crippen molar-refractivity contribution in [1.82, 2.24) is 60.0 Å². The number of fused-ring (bicyclic) bond motifs is 2. The smallest absolute Gasteiger partial charge is 0.347 e. The van der Waals surface area contributed by atoms with E-state index < -0.39 is 173 Å². The van der Waals surface area contributed by atoms with Gasteiger partial charge in [-0.2, -0.15) is 13.2 Å². The predicted molar refractivity (Wildman–Crippen MR) is 365 cm³/mol. The molecule has 3 N–H and O–H groups in total. The van der Waals surface area contributed by atoms with E-state index in [1.807, 2.05) is 20.8 Å². The molecule has 28 heteroatoms. The van der Waals surface area contributed by atoms with Gasteiger partial charge < -0.3 is 60.0 Å². The van der Waals surface area contributed by atoms with Crippen LogP contribution >= 0.6 is 11.6 Å². The minimum Gasteiger partial charge on any atom is -0.347 e. The van der Waals surface area contributed by atoms with Crippen LogP contribution in [0.15, 0.2) is 0 Å². The number of halogens is 4. The fraction of sp³-hybridized carbons (Fsp3) is 0.831. The zero-order valence-corrected chi connectivity index (χ0v) is 61.7. The number of amides is 12. The molecular weight excluding hydrogens is 1310 g/mol. The Balaban J connectivity index is 1.27. The van der Waals surface area contributed by atoms with E-state index in [9.17, 15) is 46.7 Å². The highest BCUT2D eigenvalue weighted by Crippen LogP contribution is 2.44. The van der Waals surface area contributed by atoms with Gasteiger partial charge in [0.25, 0.3) is 0 Å². The summed E-state index contributed by atoms with van der Waals surface area (Å²) < 4.78 is 42.0. The number of likely N-dealkylation sites (N-methyl/N-ethyl adjacent to an activating group) is 7. The standard InChI is InChI=1S/C71H114ClF3N12O12/c1-14-43(4)58-67(97)81(9)44(5)62(92)87-36-32-52(87)66(96)83(11)54(39-45-23-16-15-17-24-45)65(95)80(8)41-56(88)76-50(31-29-46-28-30-48(49(72)38-46)71(73,74)75)63(93)86-35-22-27-51(86)61(91)78-70(33-20-21-34-70)69(99)85(13)59(47-25-18-19-26-47)68(98)84(12)55(64(94)79(6)7)40-57(89)82(10)53(37-42(2)3)60(90)77-58/h42-55,58-59H,14-41H2,1-13H3,(H,76,88)(H,77,90)(H,78,91)/t43-,44-,46?,48?,49?,50-,51-,52-,53-,54-,55-,58-,59-/m0/s1. The number of hydrogen-bond acceptors (Lipinski definition) is 12. The highest BCUT2D eigenvalue weighted by molar-refractivity contribution is 6.21. The number of nitrogens with zero attached hydrogens (tertiary/aromatic N) is 9. The Morgan fingerprint density at radius 3 is 1.83 bits per heavy atom. The highest BCUT2D eigenvalue weighted by atomic mass is 35.5. The zero-order chi connectivity index (χ0) is 73.3. The summed E-state index contributed by atoms with van der Waals surface area (Å²) >= 11 is 6.41. The average Bonchev–Trinajstić information content (AvgIpc) is 1.61. The van der Waals surface area contributed by atoms with Crippen molar-refractivity contribution in [3.05, 3.63) is 0 Å². The normalized spacial score (nSPS) is 31.2. The van der Waals surface area contributed by atoms with Crippen LogP contribution in [-0.2, 0) is 57.5 Å². The number of rotatable bonds is 11. The summed E-state index contributed by atoms with van der Waals surface area (Å²) in [6, 6.07) is -10.7. The lowest BCUT2D eigenvalue weighted by Crippen LogP contribution is -2.65. The van der Waals surface area contributed by atoms with Gasteiger partial charge in [0.15, 0.2) is 0 Å². The van der Waals surface area contributed by atoms with Gasteiger partial charge >= 0.3 is 6.18 Å². The number of carbonyl (C=O) groups excluding carboxylic acids is 12. The fourth-order valence-electron chi connectivity index (χ4n) is 16.5. The largest absolute Gasteiger partial charge is 0.393 e. The first kappa shape index (κ1) is 80.0. The van der Waals surface area contributed by atoms with Crippen LogP contribution in [0.1, 0.15) is 195 Å². The van der Waals surface area contributed by atoms with Crippen molar-refractivity contribution >= 4 is 82.5 Å². The monoisotopic (exact) mass is 1420 g/mol. The molecule has 7 rings (SSSR count). The van der Waals surface area contributed by atoms with Gasteiger partial charge in [-0.05, 0) is 126 Å². The predicted octanol–water partition coefficient (Wildman–Crippen LogP) is 5.70. The van der Waals surface area contributed by atoms with Crippen LogP contribution in [0, 0.1) is 35.5 Å². The third-order valence-electron chi connectivity index (χ3n) is 23.3. The molecular formula is C71H114ClF3N12O12. The first-order chi connectivity index (χ1) is 46.5. The molecule has 1 spiro atoms. The van der Waals surface area contributed by atoms with Crippen molar-refractivity contribution in [3.8, 4) is 0 Å². The van der Waals surface area contributed by atoms with Gasteiger partial charge in [-0.3, -0.25) is 57.5 Å². The van der Waals surface area contributed by atoms with Crippen LogP contribution in [-0.4, -0.2) is 262 Å². The van der Waals surface area contributed by atoms with Crippen LogP contribution in [0.5, 0.6) is 0 Å². The topological polar surface area (TPSA) is 270 Å². The summed E-state index contributed by atoms with van der Waals surface area (Å²) in [6.07, 6.45) is 4.97. The Hall–Kier alpha value is -6.28. The second-order valence-corrected chi connectivity index (χ2v) is 31.3. The molecule has 0 aromatic heterocycles. The van der Waals surface area contributed by atoms with E-state index in [1.165, 1.54) is 107 Å². The molecule has 3 heterocycles. The first-order valence-corrected chi connectivity index (χ1v) is 37.0. The molecule has 3 aliphatic heterocycles. The van der Waals surface area contributed by atoms with Gasteiger partial charge in [0.2, 0.25) is 70.9 Å². The first-order valence-electron chi connectivity index (χ1n) is 36.6. The van der Waals surface area contributed by atoms with Crippen LogP contribution in [0.3, 0.4) is 0 Å². The molecule has 0 aromatic rings. The summed E-state index contributed by atoms with van der Waals surface area (Å²) in [5, 5.41) is 7.63. The Morgan fingerprint density at radius 2 is 1.25 bits per heavy atom. The van der Waals surface area contributed by atoms with E-state index in [0.717, 1.165) is 44.9 Å². The van der Waals surface area contributed by atoms with Gasteiger partial charge in [0.05, 0.1) is 18.9 Å².